The summed E-state index contributed by atoms with van der Waals surface area (Å²) in [6.45, 7) is 2.19. The summed E-state index contributed by atoms with van der Waals surface area (Å²) in [6, 6.07) is -1.09. The van der Waals surface area contributed by atoms with Crippen LogP contribution in [0.1, 0.15) is 0 Å². The molecule has 0 saturated carbocycles. The summed E-state index contributed by atoms with van der Waals surface area (Å²) >= 11 is 1.55. The third kappa shape index (κ3) is 5.66. The van der Waals surface area contributed by atoms with E-state index in [1.807, 2.05) is 0 Å². The molecule has 1 unspecified atom stereocenters. The van der Waals surface area contributed by atoms with E-state index in [1.54, 1.807) is 18.9 Å². The third-order valence-corrected chi connectivity index (χ3v) is 3.65. The van der Waals surface area contributed by atoms with Gasteiger partial charge >= 0.3 is 12.0 Å². The lowest BCUT2D eigenvalue weighted by atomic mass is 10.3. The SMILES string of the molecule is COCCOCCNC(=O)N1CCSCC1C(=O)O. The average Bonchev–Trinajstić information content (AvgIpc) is 2.42. The number of nitrogens with zero attached hydrogens (tertiary/aromatic N) is 1. The number of rotatable bonds is 7. The van der Waals surface area contributed by atoms with Crippen LogP contribution in [0.3, 0.4) is 0 Å². The summed E-state index contributed by atoms with van der Waals surface area (Å²) < 4.78 is 10.0. The first-order valence-corrected chi connectivity index (χ1v) is 7.24. The van der Waals surface area contributed by atoms with Crippen molar-refractivity contribution in [3.8, 4) is 0 Å². The Labute approximate surface area is 116 Å². The molecule has 0 aromatic rings. The third-order valence-electron chi connectivity index (χ3n) is 2.63. The molecule has 1 aliphatic rings. The molecule has 8 heteroatoms. The lowest BCUT2D eigenvalue weighted by molar-refractivity contribution is -0.141. The largest absolute Gasteiger partial charge is 0.480 e. The van der Waals surface area contributed by atoms with Crippen molar-refractivity contribution in [1.29, 1.82) is 0 Å². The van der Waals surface area contributed by atoms with Crippen molar-refractivity contribution >= 4 is 23.8 Å². The van der Waals surface area contributed by atoms with Gasteiger partial charge in [-0.15, -0.1) is 0 Å². The minimum absolute atomic E-state index is 0.344. The summed E-state index contributed by atoms with van der Waals surface area (Å²) in [6.07, 6.45) is 0. The van der Waals surface area contributed by atoms with Crippen LogP contribution in [0.15, 0.2) is 0 Å². The van der Waals surface area contributed by atoms with Crippen LogP contribution in [0.4, 0.5) is 4.79 Å². The average molecular weight is 292 g/mol. The van der Waals surface area contributed by atoms with Crippen molar-refractivity contribution in [2.75, 3.05) is 51.5 Å². The molecule has 1 atom stereocenters. The monoisotopic (exact) mass is 292 g/mol. The second kappa shape index (κ2) is 9.00. The first kappa shape index (κ1) is 16.1. The maximum absolute atomic E-state index is 11.9. The van der Waals surface area contributed by atoms with Gasteiger partial charge in [-0.05, 0) is 0 Å². The van der Waals surface area contributed by atoms with E-state index in [4.69, 9.17) is 14.6 Å². The molecule has 0 aromatic carbocycles. The van der Waals surface area contributed by atoms with Gasteiger partial charge in [-0.2, -0.15) is 11.8 Å². The van der Waals surface area contributed by atoms with E-state index in [1.165, 1.54) is 4.90 Å². The Hall–Kier alpha value is -0.990. The smallest absolute Gasteiger partial charge is 0.327 e. The molecule has 0 aliphatic carbocycles. The quantitative estimate of drug-likeness (QED) is 0.635. The topological polar surface area (TPSA) is 88.1 Å². The van der Waals surface area contributed by atoms with E-state index >= 15 is 0 Å². The zero-order valence-corrected chi connectivity index (χ0v) is 11.8. The summed E-state index contributed by atoms with van der Waals surface area (Å²) in [5.74, 6) is 0.243. The predicted octanol–water partition coefficient (Wildman–Crippen LogP) is -0.139. The summed E-state index contributed by atoms with van der Waals surface area (Å²) in [5.41, 5.74) is 0. The van der Waals surface area contributed by atoms with Crippen LogP contribution in [0.5, 0.6) is 0 Å². The van der Waals surface area contributed by atoms with Gasteiger partial charge in [-0.25, -0.2) is 9.59 Å². The molecule has 0 aromatic heterocycles. The number of ether oxygens (including phenoxy) is 2. The highest BCUT2D eigenvalue weighted by Gasteiger charge is 2.32. The van der Waals surface area contributed by atoms with Gasteiger partial charge in [-0.1, -0.05) is 0 Å². The van der Waals surface area contributed by atoms with Gasteiger partial charge < -0.3 is 24.8 Å². The molecule has 1 rings (SSSR count). The number of nitrogens with one attached hydrogen (secondary N) is 1. The number of carbonyl (C=O) groups is 2. The Kier molecular flexibility index (Phi) is 7.61. The fraction of sp³-hybridized carbons (Fsp3) is 0.818. The van der Waals surface area contributed by atoms with Crippen molar-refractivity contribution in [2.24, 2.45) is 0 Å². The van der Waals surface area contributed by atoms with Crippen molar-refractivity contribution in [1.82, 2.24) is 10.2 Å². The maximum atomic E-state index is 11.9. The van der Waals surface area contributed by atoms with Gasteiger partial charge in [0.25, 0.3) is 0 Å². The lowest BCUT2D eigenvalue weighted by Gasteiger charge is -2.32. The highest BCUT2D eigenvalue weighted by Crippen LogP contribution is 2.16. The van der Waals surface area contributed by atoms with Gasteiger partial charge in [0.15, 0.2) is 0 Å². The summed E-state index contributed by atoms with van der Waals surface area (Å²) in [7, 11) is 1.59. The molecule has 0 spiro atoms. The van der Waals surface area contributed by atoms with Crippen LogP contribution in [0.2, 0.25) is 0 Å². The zero-order valence-electron chi connectivity index (χ0n) is 11.0. The number of hydrogen-bond acceptors (Lipinski definition) is 5. The number of carboxylic acid groups (broad SMARTS) is 1. The molecule has 0 bridgehead atoms. The molecule has 110 valence electrons. The molecular weight excluding hydrogens is 272 g/mol. The highest BCUT2D eigenvalue weighted by atomic mass is 32.2. The van der Waals surface area contributed by atoms with Crippen LogP contribution in [0.25, 0.3) is 0 Å². The Morgan fingerprint density at radius 3 is 2.89 bits per heavy atom. The number of hydrogen-bond donors (Lipinski definition) is 2. The lowest BCUT2D eigenvalue weighted by Crippen LogP contribution is -2.54. The van der Waals surface area contributed by atoms with Crippen molar-refractivity contribution < 1.29 is 24.2 Å². The van der Waals surface area contributed by atoms with Gasteiger partial charge in [0.05, 0.1) is 19.8 Å². The van der Waals surface area contributed by atoms with Crippen molar-refractivity contribution in [3.63, 3.8) is 0 Å². The predicted molar refractivity (Wildman–Crippen MR) is 71.5 cm³/mol. The normalized spacial score (nSPS) is 19.2. The van der Waals surface area contributed by atoms with Crippen LogP contribution >= 0.6 is 11.8 Å². The standard InChI is InChI=1S/C11H20N2O5S/c1-17-5-6-18-4-2-12-11(16)13-3-7-19-8-9(13)10(14)15/h9H,2-8H2,1H3,(H,12,16)(H,14,15). The molecule has 7 nitrogen and oxygen atoms in total. The van der Waals surface area contributed by atoms with E-state index in [9.17, 15) is 9.59 Å². The zero-order chi connectivity index (χ0) is 14.1. The number of thioether (sulfide) groups is 1. The van der Waals surface area contributed by atoms with Crippen LogP contribution in [-0.4, -0.2) is 79.6 Å². The minimum atomic E-state index is -0.960. The van der Waals surface area contributed by atoms with Gasteiger partial charge in [0.2, 0.25) is 0 Å². The molecule has 1 saturated heterocycles. The fourth-order valence-corrected chi connectivity index (χ4v) is 2.67. The first-order chi connectivity index (χ1) is 9.16. The molecular formula is C11H20N2O5S. The Morgan fingerprint density at radius 2 is 2.21 bits per heavy atom. The Morgan fingerprint density at radius 1 is 1.42 bits per heavy atom. The second-order valence-corrected chi connectivity index (χ2v) is 5.11. The number of carboxylic acids is 1. The molecule has 0 radical (unpaired) electrons. The van der Waals surface area contributed by atoms with Crippen LogP contribution in [0, 0.1) is 0 Å². The minimum Gasteiger partial charge on any atom is -0.480 e. The van der Waals surface area contributed by atoms with Gasteiger partial charge in [-0.3, -0.25) is 0 Å². The van der Waals surface area contributed by atoms with E-state index in [2.05, 4.69) is 5.32 Å². The summed E-state index contributed by atoms with van der Waals surface area (Å²) in [5, 5.41) is 11.7. The van der Waals surface area contributed by atoms with Gasteiger partial charge in [0.1, 0.15) is 6.04 Å². The molecule has 1 fully saturated rings. The summed E-state index contributed by atoms with van der Waals surface area (Å²) in [4.78, 5) is 24.3. The van der Waals surface area contributed by atoms with Crippen molar-refractivity contribution in [3.05, 3.63) is 0 Å². The molecule has 2 amide bonds. The number of amides is 2. The number of carbonyl (C=O) groups excluding carboxylic acids is 1. The van der Waals surface area contributed by atoms with E-state index in [0.29, 0.717) is 38.7 Å². The molecule has 1 aliphatic heterocycles. The van der Waals surface area contributed by atoms with E-state index in [-0.39, 0.29) is 6.03 Å². The number of urea groups is 1. The molecule has 2 N–H and O–H groups in total. The number of methoxy groups -OCH3 is 1. The van der Waals surface area contributed by atoms with Crippen molar-refractivity contribution in [2.45, 2.75) is 6.04 Å². The van der Waals surface area contributed by atoms with E-state index < -0.39 is 12.0 Å². The Bertz CT molecular complexity index is 303. The van der Waals surface area contributed by atoms with E-state index in [0.717, 1.165) is 5.75 Å². The molecule has 19 heavy (non-hydrogen) atoms. The molecule has 1 heterocycles. The van der Waals surface area contributed by atoms with Crippen LogP contribution < -0.4 is 5.32 Å². The van der Waals surface area contributed by atoms with Crippen LogP contribution in [-0.2, 0) is 14.3 Å². The highest BCUT2D eigenvalue weighted by molar-refractivity contribution is 7.99. The first-order valence-electron chi connectivity index (χ1n) is 6.08. The van der Waals surface area contributed by atoms with Gasteiger partial charge in [0, 0.05) is 31.7 Å². The fourth-order valence-electron chi connectivity index (χ4n) is 1.63. The number of aliphatic carboxylic acids is 1. The second-order valence-electron chi connectivity index (χ2n) is 3.96. The Balaban J connectivity index is 2.25. The maximum Gasteiger partial charge on any atom is 0.327 e.